The Balaban J connectivity index is 0.00000253. The first-order chi connectivity index (χ1) is 19.6. The van der Waals surface area contributed by atoms with Crippen LogP contribution in [0.5, 0.6) is 5.75 Å². The van der Waals surface area contributed by atoms with Crippen LogP contribution >= 0.6 is 0 Å². The molecule has 0 unspecified atom stereocenters. The molecular weight excluding hydrogens is 565 g/mol. The molecule has 9 nitrogen and oxygen atoms in total. The number of fused-ring (bicyclic) bond motifs is 1. The van der Waals surface area contributed by atoms with Crippen LogP contribution in [0, 0.1) is 6.92 Å². The molecule has 0 aliphatic heterocycles. The number of carbonyl (C=O) groups excluding carboxylic acids is 2. The van der Waals surface area contributed by atoms with Gasteiger partial charge in [-0.15, -0.1) is 0 Å². The summed E-state index contributed by atoms with van der Waals surface area (Å²) in [6.45, 7) is 1.67. The second kappa shape index (κ2) is 13.3. The Morgan fingerprint density at radius 1 is 1.02 bits per heavy atom. The fourth-order valence-corrected chi connectivity index (χ4v) is 6.55. The molecule has 2 N–H and O–H groups in total. The summed E-state index contributed by atoms with van der Waals surface area (Å²) in [7, 11) is -0.583. The summed E-state index contributed by atoms with van der Waals surface area (Å²) in [4.78, 5) is 25.4. The molecule has 0 bridgehead atoms. The van der Waals surface area contributed by atoms with Gasteiger partial charge in [0.05, 0.1) is 12.0 Å². The maximum atomic E-state index is 12.9. The number of aryl methyl sites for hydroxylation is 2. The molecule has 1 saturated carbocycles. The predicted octanol–water partition coefficient (Wildman–Crippen LogP) is 2.81. The van der Waals surface area contributed by atoms with Crippen LogP contribution < -0.4 is 44.3 Å². The molecule has 1 heterocycles. The number of anilines is 1. The number of nitrogens with zero attached hydrogens (tertiary/aromatic N) is 1. The van der Waals surface area contributed by atoms with Crippen molar-refractivity contribution in [2.24, 2.45) is 7.05 Å². The Bertz CT molecular complexity index is 1730. The number of aromatic nitrogens is 1. The molecule has 0 radical (unpaired) electrons. The van der Waals surface area contributed by atoms with E-state index in [9.17, 15) is 18.0 Å². The Kier molecular flexibility index (Phi) is 10.0. The van der Waals surface area contributed by atoms with E-state index in [4.69, 9.17) is 9.47 Å². The van der Waals surface area contributed by atoms with Crippen molar-refractivity contribution in [1.82, 2.24) is 9.29 Å². The second-order valence-electron chi connectivity index (χ2n) is 10.3. The molecule has 1 aromatic heterocycles. The van der Waals surface area contributed by atoms with E-state index in [0.29, 0.717) is 23.4 Å². The monoisotopic (exact) mass is 599 g/mol. The van der Waals surface area contributed by atoms with Gasteiger partial charge in [-0.1, -0.05) is 24.3 Å². The van der Waals surface area contributed by atoms with E-state index >= 15 is 0 Å². The van der Waals surface area contributed by atoms with E-state index < -0.39 is 22.0 Å². The summed E-state index contributed by atoms with van der Waals surface area (Å²) in [5, 5.41) is 3.81. The number of carbonyl (C=O) groups is 2. The average Bonchev–Trinajstić information content (AvgIpc) is 3.56. The Morgan fingerprint density at radius 2 is 1.76 bits per heavy atom. The minimum Gasteiger partial charge on any atom is -1.00 e. The summed E-state index contributed by atoms with van der Waals surface area (Å²) < 4.78 is 40.9. The second-order valence-corrected chi connectivity index (χ2v) is 12.0. The number of methoxy groups -OCH3 is 1. The van der Waals surface area contributed by atoms with Gasteiger partial charge < -0.3 is 15.5 Å². The molecule has 1 aliphatic carbocycles. The first-order valence-corrected chi connectivity index (χ1v) is 15.0. The molecule has 1 fully saturated rings. The number of sulfonamides is 1. The standard InChI is InChI=1S/C31H33N3O6S.Na.H/c1-20-8-4-7-11-29(20)41(37,38)33-30(35)22-13-12-21(28(17-22)39-3)16-23-19-34(2)27-15-14-24(18-26(23)27)32-31(36)40-25-9-5-6-10-25;;/h4,7-8,11-15,17-19,25H,5-6,9-10,16H2,1-3H3,(H,32,36)(H,33,35);;/q;+1;-1. The zero-order valence-corrected chi connectivity index (χ0v) is 27.1. The summed E-state index contributed by atoms with van der Waals surface area (Å²) in [6.07, 6.45) is 6.00. The van der Waals surface area contributed by atoms with Gasteiger partial charge in [-0.2, -0.15) is 0 Å². The molecule has 4 aromatic rings. The molecule has 0 atom stereocenters. The van der Waals surface area contributed by atoms with Crippen molar-refractivity contribution >= 4 is 38.6 Å². The molecule has 5 rings (SSSR count). The Labute approximate surface area is 269 Å². The van der Waals surface area contributed by atoms with Crippen LogP contribution in [0.3, 0.4) is 0 Å². The summed E-state index contributed by atoms with van der Waals surface area (Å²) in [6, 6.07) is 17.1. The van der Waals surface area contributed by atoms with Crippen LogP contribution in [-0.2, 0) is 28.2 Å². The van der Waals surface area contributed by atoms with Crippen LogP contribution in [0.4, 0.5) is 10.5 Å². The maximum absolute atomic E-state index is 12.9. The van der Waals surface area contributed by atoms with E-state index in [1.165, 1.54) is 19.2 Å². The summed E-state index contributed by atoms with van der Waals surface area (Å²) in [5.74, 6) is -0.291. The van der Waals surface area contributed by atoms with Crippen molar-refractivity contribution in [2.45, 2.75) is 50.0 Å². The van der Waals surface area contributed by atoms with Crippen LogP contribution in [-0.4, -0.2) is 38.2 Å². The molecule has 1 aliphatic rings. The topological polar surface area (TPSA) is 116 Å². The van der Waals surface area contributed by atoms with Crippen LogP contribution in [0.1, 0.15) is 54.2 Å². The third-order valence-electron chi connectivity index (χ3n) is 7.43. The molecule has 0 saturated heterocycles. The maximum Gasteiger partial charge on any atom is 1.00 e. The van der Waals surface area contributed by atoms with Crippen LogP contribution in [0.2, 0.25) is 0 Å². The average molecular weight is 600 g/mol. The van der Waals surface area contributed by atoms with Gasteiger partial charge in [0.15, 0.2) is 0 Å². The molecule has 2 amide bonds. The number of nitrogens with one attached hydrogen (secondary N) is 2. The number of rotatable bonds is 8. The minimum atomic E-state index is -4.04. The van der Waals surface area contributed by atoms with Gasteiger partial charge in [0.25, 0.3) is 15.9 Å². The zero-order chi connectivity index (χ0) is 29.1. The van der Waals surface area contributed by atoms with Gasteiger partial charge in [0.1, 0.15) is 11.9 Å². The number of hydrogen-bond donors (Lipinski definition) is 2. The van der Waals surface area contributed by atoms with Gasteiger partial charge in [-0.25, -0.2) is 17.9 Å². The van der Waals surface area contributed by atoms with Gasteiger partial charge in [0, 0.05) is 41.8 Å². The van der Waals surface area contributed by atoms with Gasteiger partial charge in [-0.05, 0) is 85.7 Å². The van der Waals surface area contributed by atoms with Crippen LogP contribution in [0.15, 0.2) is 71.8 Å². The first-order valence-electron chi connectivity index (χ1n) is 13.5. The molecule has 3 aromatic carbocycles. The molecular formula is C31H34N3NaO6S. The Hall–Kier alpha value is -3.31. The zero-order valence-electron chi connectivity index (χ0n) is 25.3. The fourth-order valence-electron chi connectivity index (χ4n) is 5.33. The van der Waals surface area contributed by atoms with E-state index in [0.717, 1.165) is 47.7 Å². The van der Waals surface area contributed by atoms with Crippen molar-refractivity contribution in [3.8, 4) is 5.75 Å². The summed E-state index contributed by atoms with van der Waals surface area (Å²) in [5.41, 5.74) is 4.14. The number of benzene rings is 3. The number of ether oxygens (including phenoxy) is 2. The van der Waals surface area contributed by atoms with Crippen molar-refractivity contribution in [3.63, 3.8) is 0 Å². The smallest absolute Gasteiger partial charge is 1.00 e. The fraction of sp³-hybridized carbons (Fsp3) is 0.290. The molecule has 216 valence electrons. The number of amides is 2. The Morgan fingerprint density at radius 3 is 2.48 bits per heavy atom. The van der Waals surface area contributed by atoms with Gasteiger partial charge >= 0.3 is 35.7 Å². The predicted molar refractivity (Wildman–Crippen MR) is 158 cm³/mol. The van der Waals surface area contributed by atoms with Crippen molar-refractivity contribution in [1.29, 1.82) is 0 Å². The van der Waals surface area contributed by atoms with Crippen molar-refractivity contribution < 1.29 is 58.5 Å². The third kappa shape index (κ3) is 7.00. The quantitative estimate of drug-likeness (QED) is 0.301. The molecule has 42 heavy (non-hydrogen) atoms. The van der Waals surface area contributed by atoms with E-state index in [1.807, 2.05) is 36.0 Å². The van der Waals surface area contributed by atoms with Gasteiger partial charge in [0.2, 0.25) is 0 Å². The number of hydrogen-bond acceptors (Lipinski definition) is 6. The summed E-state index contributed by atoms with van der Waals surface area (Å²) >= 11 is 0. The van der Waals surface area contributed by atoms with E-state index in [1.54, 1.807) is 37.3 Å². The van der Waals surface area contributed by atoms with Gasteiger partial charge in [-0.3, -0.25) is 10.1 Å². The van der Waals surface area contributed by atoms with E-state index in [2.05, 4.69) is 10.0 Å². The van der Waals surface area contributed by atoms with E-state index in [-0.39, 0.29) is 47.5 Å². The SMILES string of the molecule is COc1cc(C(=O)NS(=O)(=O)c2ccccc2C)ccc1Cc1cn(C)c2ccc(NC(=O)OC3CCCC3)cc12.[H-].[Na+]. The van der Waals surface area contributed by atoms with Crippen molar-refractivity contribution in [3.05, 3.63) is 89.1 Å². The largest absolute Gasteiger partial charge is 1.00 e. The van der Waals surface area contributed by atoms with Crippen LogP contribution in [0.25, 0.3) is 10.9 Å². The first kappa shape index (κ1) is 31.6. The normalized spacial score (nSPS) is 13.4. The van der Waals surface area contributed by atoms with Crippen molar-refractivity contribution in [2.75, 3.05) is 12.4 Å². The molecule has 11 heteroatoms. The minimum absolute atomic E-state index is 0. The third-order valence-corrected chi connectivity index (χ3v) is 8.93. The molecule has 0 spiro atoms.